The number of hydrogen-bond acceptors (Lipinski definition) is 3. The number of carbonyl (C=O) groups excluding carboxylic acids is 1. The molecule has 0 aliphatic rings. The fourth-order valence-electron chi connectivity index (χ4n) is 5.55. The Morgan fingerprint density at radius 2 is 1.02 bits per heavy atom. The van der Waals surface area contributed by atoms with Crippen molar-refractivity contribution in [2.75, 3.05) is 6.61 Å². The van der Waals surface area contributed by atoms with Crippen molar-refractivity contribution in [3.8, 4) is 0 Å². The van der Waals surface area contributed by atoms with E-state index in [1.165, 1.54) is 103 Å². The second-order valence-corrected chi connectivity index (χ2v) is 12.6. The van der Waals surface area contributed by atoms with Gasteiger partial charge < -0.3 is 15.5 Å². The van der Waals surface area contributed by atoms with Gasteiger partial charge in [0, 0.05) is 6.42 Å². The van der Waals surface area contributed by atoms with E-state index in [1.807, 2.05) is 0 Å². The lowest BCUT2D eigenvalue weighted by atomic mass is 10.0. The van der Waals surface area contributed by atoms with E-state index in [0.29, 0.717) is 12.8 Å². The molecule has 1 amide bonds. The van der Waals surface area contributed by atoms with E-state index in [0.717, 1.165) is 57.8 Å². The number of carbonyl (C=O) groups is 1. The van der Waals surface area contributed by atoms with Gasteiger partial charge in [0.1, 0.15) is 0 Å². The Bertz CT molecular complexity index is 657. The van der Waals surface area contributed by atoms with Crippen LogP contribution in [0.15, 0.2) is 36.5 Å². The summed E-state index contributed by atoms with van der Waals surface area (Å²) in [6, 6.07) is -0.549. The summed E-state index contributed by atoms with van der Waals surface area (Å²) in [5.74, 6) is -0.0614. The molecule has 2 atom stereocenters. The molecule has 0 saturated heterocycles. The van der Waals surface area contributed by atoms with Gasteiger partial charge in [0.15, 0.2) is 0 Å². The number of rotatable bonds is 33. The highest BCUT2D eigenvalue weighted by Crippen LogP contribution is 2.15. The number of aliphatic hydroxyl groups excluding tert-OH is 2. The summed E-state index contributed by atoms with van der Waals surface area (Å²) >= 11 is 0. The molecule has 3 N–H and O–H groups in total. The Balaban J connectivity index is 3.58. The van der Waals surface area contributed by atoms with Crippen molar-refractivity contribution in [1.82, 2.24) is 5.32 Å². The van der Waals surface area contributed by atoms with Crippen LogP contribution < -0.4 is 5.32 Å². The van der Waals surface area contributed by atoms with Crippen molar-refractivity contribution < 1.29 is 15.0 Å². The first-order chi connectivity index (χ1) is 21.2. The normalized spacial score (nSPS) is 13.5. The van der Waals surface area contributed by atoms with Crippen LogP contribution in [0.25, 0.3) is 0 Å². The standard InChI is InChI=1S/C39H73NO3/c1-3-5-7-9-11-13-15-17-18-19-20-21-23-24-26-28-30-32-34-38(42)37(36-41)40-39(43)35-33-31-29-27-25-22-16-14-12-10-8-6-4-2/h6,8,12,14,22,25,37-38,41-42H,3-5,7,9-11,13,15-21,23-24,26-36H2,1-2H3,(H,40,43)/b8-6-,14-12-,25-22-. The lowest BCUT2D eigenvalue weighted by Gasteiger charge is -2.22. The predicted molar refractivity (Wildman–Crippen MR) is 188 cm³/mol. The summed E-state index contributed by atoms with van der Waals surface area (Å²) in [5.41, 5.74) is 0. The highest BCUT2D eigenvalue weighted by Gasteiger charge is 2.19. The minimum atomic E-state index is -0.670. The van der Waals surface area contributed by atoms with Crippen molar-refractivity contribution >= 4 is 5.91 Å². The third-order valence-corrected chi connectivity index (χ3v) is 8.42. The van der Waals surface area contributed by atoms with E-state index in [2.05, 4.69) is 55.6 Å². The topological polar surface area (TPSA) is 69.6 Å². The molecular weight excluding hydrogens is 530 g/mol. The van der Waals surface area contributed by atoms with Gasteiger partial charge in [0.2, 0.25) is 5.91 Å². The number of hydrogen-bond donors (Lipinski definition) is 3. The molecule has 2 unspecified atom stereocenters. The lowest BCUT2D eigenvalue weighted by Crippen LogP contribution is -2.45. The molecule has 0 aromatic rings. The second kappa shape index (κ2) is 35.1. The molecule has 0 bridgehead atoms. The van der Waals surface area contributed by atoms with Crippen LogP contribution in [-0.4, -0.2) is 34.9 Å². The van der Waals surface area contributed by atoms with E-state index in [-0.39, 0.29) is 12.5 Å². The minimum Gasteiger partial charge on any atom is -0.394 e. The number of nitrogens with one attached hydrogen (secondary N) is 1. The van der Waals surface area contributed by atoms with Crippen molar-refractivity contribution in [3.05, 3.63) is 36.5 Å². The average Bonchev–Trinajstić information content (AvgIpc) is 3.01. The second-order valence-electron chi connectivity index (χ2n) is 12.6. The van der Waals surface area contributed by atoms with Crippen LogP contribution in [0.3, 0.4) is 0 Å². The van der Waals surface area contributed by atoms with E-state index in [4.69, 9.17) is 0 Å². The number of amides is 1. The van der Waals surface area contributed by atoms with Crippen LogP contribution in [0.5, 0.6) is 0 Å². The maximum atomic E-state index is 12.3. The molecule has 0 heterocycles. The molecule has 0 saturated carbocycles. The molecule has 0 aliphatic heterocycles. The maximum absolute atomic E-state index is 12.3. The summed E-state index contributed by atoms with van der Waals surface area (Å²) in [6.45, 7) is 4.22. The molecule has 0 spiro atoms. The molecule has 0 aliphatic carbocycles. The predicted octanol–water partition coefficient (Wildman–Crippen LogP) is 11.1. The van der Waals surface area contributed by atoms with E-state index in [1.54, 1.807) is 0 Å². The number of aliphatic hydroxyl groups is 2. The zero-order chi connectivity index (χ0) is 31.5. The molecule has 4 nitrogen and oxygen atoms in total. The summed E-state index contributed by atoms with van der Waals surface area (Å²) in [7, 11) is 0. The molecule has 0 fully saturated rings. The van der Waals surface area contributed by atoms with Crippen LogP contribution in [0, 0.1) is 0 Å². The van der Waals surface area contributed by atoms with Gasteiger partial charge in [-0.2, -0.15) is 0 Å². The summed E-state index contributed by atoms with van der Waals surface area (Å²) in [5, 5.41) is 23.0. The smallest absolute Gasteiger partial charge is 0.220 e. The van der Waals surface area contributed by atoms with Gasteiger partial charge in [0.25, 0.3) is 0 Å². The molecule has 0 radical (unpaired) electrons. The first-order valence-corrected chi connectivity index (χ1v) is 18.7. The monoisotopic (exact) mass is 604 g/mol. The van der Waals surface area contributed by atoms with Gasteiger partial charge in [-0.1, -0.05) is 172 Å². The Morgan fingerprint density at radius 1 is 0.581 bits per heavy atom. The SMILES string of the molecule is CC/C=C\C/C=C\C/C=C\CCCCCC(=O)NC(CO)C(O)CCCCCCCCCCCCCCCCCCCC. The zero-order valence-corrected chi connectivity index (χ0v) is 28.7. The highest BCUT2D eigenvalue weighted by molar-refractivity contribution is 5.76. The van der Waals surface area contributed by atoms with E-state index < -0.39 is 12.1 Å². The number of unbranched alkanes of at least 4 members (excludes halogenated alkanes) is 20. The molecule has 0 rings (SSSR count). The summed E-state index contributed by atoms with van der Waals surface area (Å²) in [6.07, 6.45) is 44.9. The van der Waals surface area contributed by atoms with Crippen LogP contribution in [-0.2, 0) is 4.79 Å². The fraction of sp³-hybridized carbons (Fsp3) is 0.821. The average molecular weight is 604 g/mol. The van der Waals surface area contributed by atoms with Crippen LogP contribution >= 0.6 is 0 Å². The van der Waals surface area contributed by atoms with Gasteiger partial charge in [-0.15, -0.1) is 0 Å². The van der Waals surface area contributed by atoms with Gasteiger partial charge in [-0.25, -0.2) is 0 Å². The molecule has 0 aromatic heterocycles. The number of allylic oxidation sites excluding steroid dienone is 6. The maximum Gasteiger partial charge on any atom is 0.220 e. The quantitative estimate of drug-likeness (QED) is 0.0516. The van der Waals surface area contributed by atoms with Crippen LogP contribution in [0.1, 0.15) is 187 Å². The molecule has 252 valence electrons. The third-order valence-electron chi connectivity index (χ3n) is 8.42. The van der Waals surface area contributed by atoms with Crippen LogP contribution in [0.4, 0.5) is 0 Å². The molecule has 4 heteroatoms. The Hall–Kier alpha value is -1.39. The fourth-order valence-corrected chi connectivity index (χ4v) is 5.55. The Kier molecular flexibility index (Phi) is 34.0. The first kappa shape index (κ1) is 41.6. The zero-order valence-electron chi connectivity index (χ0n) is 28.7. The Labute approximate surface area is 268 Å². The van der Waals surface area contributed by atoms with Gasteiger partial charge in [-0.05, 0) is 44.9 Å². The lowest BCUT2D eigenvalue weighted by molar-refractivity contribution is -0.123. The van der Waals surface area contributed by atoms with E-state index in [9.17, 15) is 15.0 Å². The Morgan fingerprint density at radius 3 is 1.51 bits per heavy atom. The summed E-state index contributed by atoms with van der Waals surface area (Å²) in [4.78, 5) is 12.3. The van der Waals surface area contributed by atoms with Crippen molar-refractivity contribution in [2.24, 2.45) is 0 Å². The van der Waals surface area contributed by atoms with Crippen molar-refractivity contribution in [1.29, 1.82) is 0 Å². The summed E-state index contributed by atoms with van der Waals surface area (Å²) < 4.78 is 0. The largest absolute Gasteiger partial charge is 0.394 e. The highest BCUT2D eigenvalue weighted by atomic mass is 16.3. The van der Waals surface area contributed by atoms with E-state index >= 15 is 0 Å². The molecule has 43 heavy (non-hydrogen) atoms. The molecular formula is C39H73NO3. The molecule has 0 aromatic carbocycles. The van der Waals surface area contributed by atoms with Gasteiger partial charge in [0.05, 0.1) is 18.8 Å². The van der Waals surface area contributed by atoms with Gasteiger partial charge >= 0.3 is 0 Å². The first-order valence-electron chi connectivity index (χ1n) is 18.7. The van der Waals surface area contributed by atoms with Crippen LogP contribution in [0.2, 0.25) is 0 Å². The van der Waals surface area contributed by atoms with Crippen molar-refractivity contribution in [3.63, 3.8) is 0 Å². The van der Waals surface area contributed by atoms with Crippen molar-refractivity contribution in [2.45, 2.75) is 199 Å². The minimum absolute atomic E-state index is 0.0614. The third kappa shape index (κ3) is 31.8. The van der Waals surface area contributed by atoms with Gasteiger partial charge in [-0.3, -0.25) is 4.79 Å².